The summed E-state index contributed by atoms with van der Waals surface area (Å²) >= 11 is 5.77. The van der Waals surface area contributed by atoms with Gasteiger partial charge in [0, 0.05) is 30.1 Å². The first-order valence-corrected chi connectivity index (χ1v) is 10.1. The fourth-order valence-corrected chi connectivity index (χ4v) is 2.91. The van der Waals surface area contributed by atoms with Crippen LogP contribution in [0.5, 0.6) is 0 Å². The second kappa shape index (κ2) is 9.50. The van der Waals surface area contributed by atoms with E-state index in [0.717, 1.165) is 5.56 Å². The Hall–Kier alpha value is -2.42. The number of benzene rings is 2. The van der Waals surface area contributed by atoms with Crippen molar-refractivity contribution < 1.29 is 18.0 Å². The molecule has 27 heavy (non-hydrogen) atoms. The number of carbonyl (C=O) groups is 2. The van der Waals surface area contributed by atoms with Crippen LogP contribution in [0, 0.1) is 0 Å². The molecule has 2 aromatic carbocycles. The Balaban J connectivity index is 1.67. The van der Waals surface area contributed by atoms with Gasteiger partial charge in [0.1, 0.15) is 0 Å². The van der Waals surface area contributed by atoms with Gasteiger partial charge in [0.15, 0.2) is 0 Å². The van der Waals surface area contributed by atoms with E-state index in [2.05, 4.69) is 10.6 Å². The molecule has 144 valence electrons. The average molecular weight is 410 g/mol. The summed E-state index contributed by atoms with van der Waals surface area (Å²) in [5.74, 6) is -0.457. The molecule has 0 aliphatic rings. The van der Waals surface area contributed by atoms with Crippen LogP contribution in [0.1, 0.15) is 22.3 Å². The molecule has 0 atom stereocenters. The van der Waals surface area contributed by atoms with E-state index in [1.54, 1.807) is 36.4 Å². The van der Waals surface area contributed by atoms with Gasteiger partial charge >= 0.3 is 0 Å². The Kier molecular flexibility index (Phi) is 7.35. The van der Waals surface area contributed by atoms with Crippen molar-refractivity contribution in [3.63, 3.8) is 0 Å². The number of amides is 2. The summed E-state index contributed by atoms with van der Waals surface area (Å²) in [4.78, 5) is 23.8. The highest BCUT2D eigenvalue weighted by atomic mass is 35.5. The molecule has 0 fully saturated rings. The number of hydrogen-bond donors (Lipinski definition) is 3. The Morgan fingerprint density at radius 1 is 0.926 bits per heavy atom. The molecule has 2 rings (SSSR count). The van der Waals surface area contributed by atoms with Crippen LogP contribution in [-0.2, 0) is 21.2 Å². The van der Waals surface area contributed by atoms with Gasteiger partial charge in [0.25, 0.3) is 5.91 Å². The zero-order chi connectivity index (χ0) is 19.9. The number of sulfonamides is 1. The fraction of sp³-hybridized carbons (Fsp3) is 0.222. The molecule has 0 heterocycles. The summed E-state index contributed by atoms with van der Waals surface area (Å²) in [6.45, 7) is 0.620. The number of hydrogen-bond acceptors (Lipinski definition) is 4. The number of nitrogens with two attached hydrogens (primary N) is 1. The van der Waals surface area contributed by atoms with E-state index in [1.807, 2.05) is 0 Å². The average Bonchev–Trinajstić information content (AvgIpc) is 2.62. The van der Waals surface area contributed by atoms with Crippen molar-refractivity contribution >= 4 is 33.4 Å². The Morgan fingerprint density at radius 2 is 1.56 bits per heavy atom. The molecule has 9 heteroatoms. The molecule has 0 unspecified atom stereocenters. The number of halogens is 1. The van der Waals surface area contributed by atoms with E-state index in [0.29, 0.717) is 23.6 Å². The smallest absolute Gasteiger partial charge is 0.251 e. The Morgan fingerprint density at radius 3 is 2.15 bits per heavy atom. The molecule has 2 amide bonds. The van der Waals surface area contributed by atoms with Gasteiger partial charge in [-0.05, 0) is 48.4 Å². The minimum Gasteiger partial charge on any atom is -0.356 e. The van der Waals surface area contributed by atoms with Gasteiger partial charge in [0.05, 0.1) is 4.90 Å². The van der Waals surface area contributed by atoms with Gasteiger partial charge in [0.2, 0.25) is 15.9 Å². The predicted octanol–water partition coefficient (Wildman–Crippen LogP) is 1.47. The number of carbonyl (C=O) groups excluding carboxylic acids is 2. The van der Waals surface area contributed by atoms with Crippen LogP contribution >= 0.6 is 11.6 Å². The SMILES string of the molecule is NS(=O)(=O)c1ccc(CCNC(=O)CCNC(=O)c2ccc(Cl)cc2)cc1. The Bertz CT molecular complexity index is 897. The van der Waals surface area contributed by atoms with Gasteiger partial charge in [-0.2, -0.15) is 0 Å². The molecule has 0 radical (unpaired) electrons. The lowest BCUT2D eigenvalue weighted by atomic mass is 10.1. The van der Waals surface area contributed by atoms with E-state index in [9.17, 15) is 18.0 Å². The van der Waals surface area contributed by atoms with Crippen LogP contribution in [-0.4, -0.2) is 33.3 Å². The molecule has 0 aliphatic carbocycles. The minimum absolute atomic E-state index is 0.0479. The van der Waals surface area contributed by atoms with E-state index in [4.69, 9.17) is 16.7 Å². The normalized spacial score (nSPS) is 11.0. The lowest BCUT2D eigenvalue weighted by Gasteiger charge is -2.07. The van der Waals surface area contributed by atoms with Crippen LogP contribution in [0.4, 0.5) is 0 Å². The molecule has 7 nitrogen and oxygen atoms in total. The maximum Gasteiger partial charge on any atom is 0.251 e. The summed E-state index contributed by atoms with van der Waals surface area (Å²) in [5.41, 5.74) is 1.35. The largest absolute Gasteiger partial charge is 0.356 e. The summed E-state index contributed by atoms with van der Waals surface area (Å²) in [6, 6.07) is 12.6. The van der Waals surface area contributed by atoms with Crippen molar-refractivity contribution in [1.29, 1.82) is 0 Å². The molecule has 0 aliphatic heterocycles. The highest BCUT2D eigenvalue weighted by Crippen LogP contribution is 2.10. The Labute approximate surface area is 163 Å². The molecule has 4 N–H and O–H groups in total. The topological polar surface area (TPSA) is 118 Å². The van der Waals surface area contributed by atoms with Crippen molar-refractivity contribution in [2.45, 2.75) is 17.7 Å². The zero-order valence-electron chi connectivity index (χ0n) is 14.4. The highest BCUT2D eigenvalue weighted by molar-refractivity contribution is 7.89. The molecule has 2 aromatic rings. The third-order valence-electron chi connectivity index (χ3n) is 3.73. The molecule has 0 saturated carbocycles. The van der Waals surface area contributed by atoms with Crippen molar-refractivity contribution in [3.8, 4) is 0 Å². The van der Waals surface area contributed by atoms with Crippen LogP contribution < -0.4 is 15.8 Å². The first kappa shape index (κ1) is 20.9. The van der Waals surface area contributed by atoms with Crippen molar-refractivity contribution in [2.75, 3.05) is 13.1 Å². The maximum atomic E-state index is 11.9. The zero-order valence-corrected chi connectivity index (χ0v) is 16.0. The standard InChI is InChI=1S/C18H20ClN3O4S/c19-15-5-3-14(4-6-15)18(24)22-12-10-17(23)21-11-9-13-1-7-16(8-2-13)27(20,25)26/h1-8H,9-12H2,(H,21,23)(H,22,24)(H2,20,25,26). The second-order valence-electron chi connectivity index (χ2n) is 5.80. The molecule has 0 saturated heterocycles. The number of rotatable bonds is 8. The highest BCUT2D eigenvalue weighted by Gasteiger charge is 2.08. The molecule has 0 aromatic heterocycles. The van der Waals surface area contributed by atoms with Gasteiger partial charge in [-0.25, -0.2) is 13.6 Å². The fourth-order valence-electron chi connectivity index (χ4n) is 2.27. The van der Waals surface area contributed by atoms with Crippen LogP contribution in [0.25, 0.3) is 0 Å². The summed E-state index contributed by atoms with van der Waals surface area (Å²) < 4.78 is 22.4. The number of nitrogens with one attached hydrogen (secondary N) is 2. The summed E-state index contributed by atoms with van der Waals surface area (Å²) in [6.07, 6.45) is 0.706. The van der Waals surface area contributed by atoms with Gasteiger partial charge < -0.3 is 10.6 Å². The molecular weight excluding hydrogens is 390 g/mol. The second-order valence-corrected chi connectivity index (χ2v) is 7.80. The van der Waals surface area contributed by atoms with E-state index < -0.39 is 10.0 Å². The van der Waals surface area contributed by atoms with Crippen molar-refractivity contribution in [1.82, 2.24) is 10.6 Å². The summed E-state index contributed by atoms with van der Waals surface area (Å²) in [7, 11) is -3.70. The number of primary sulfonamides is 1. The lowest BCUT2D eigenvalue weighted by molar-refractivity contribution is -0.120. The van der Waals surface area contributed by atoms with Crippen LogP contribution in [0.3, 0.4) is 0 Å². The van der Waals surface area contributed by atoms with E-state index in [1.165, 1.54) is 12.1 Å². The first-order chi connectivity index (χ1) is 12.8. The van der Waals surface area contributed by atoms with Crippen LogP contribution in [0.15, 0.2) is 53.4 Å². The van der Waals surface area contributed by atoms with Crippen molar-refractivity contribution in [2.24, 2.45) is 5.14 Å². The quantitative estimate of drug-likeness (QED) is 0.611. The molecular formula is C18H20ClN3O4S. The summed E-state index contributed by atoms with van der Waals surface area (Å²) in [5, 5.41) is 11.0. The first-order valence-electron chi connectivity index (χ1n) is 8.18. The minimum atomic E-state index is -3.70. The monoisotopic (exact) mass is 409 g/mol. The molecule has 0 bridgehead atoms. The third kappa shape index (κ3) is 7.01. The van der Waals surface area contributed by atoms with Crippen molar-refractivity contribution in [3.05, 3.63) is 64.7 Å². The maximum absolute atomic E-state index is 11.9. The third-order valence-corrected chi connectivity index (χ3v) is 4.91. The van der Waals surface area contributed by atoms with Gasteiger partial charge in [-0.3, -0.25) is 9.59 Å². The lowest BCUT2D eigenvalue weighted by Crippen LogP contribution is -2.31. The van der Waals surface area contributed by atoms with Crippen LogP contribution in [0.2, 0.25) is 5.02 Å². The predicted molar refractivity (Wildman–Crippen MR) is 103 cm³/mol. The van der Waals surface area contributed by atoms with E-state index >= 15 is 0 Å². The van der Waals surface area contributed by atoms with Gasteiger partial charge in [-0.15, -0.1) is 0 Å². The van der Waals surface area contributed by atoms with E-state index in [-0.39, 0.29) is 29.7 Å². The molecule has 0 spiro atoms. The van der Waals surface area contributed by atoms with Gasteiger partial charge in [-0.1, -0.05) is 23.7 Å².